The second kappa shape index (κ2) is 7.29. The lowest BCUT2D eigenvalue weighted by atomic mass is 10.0. The van der Waals surface area contributed by atoms with E-state index in [4.69, 9.17) is 5.11 Å². The highest BCUT2D eigenvalue weighted by molar-refractivity contribution is 5.81. The Hall–Kier alpha value is -2.64. The molecular formula is C16H22N4O4. The number of nitrogens with zero attached hydrogens (tertiary/aromatic N) is 2. The van der Waals surface area contributed by atoms with Crippen molar-refractivity contribution in [3.8, 4) is 0 Å². The van der Waals surface area contributed by atoms with Crippen molar-refractivity contribution >= 4 is 22.9 Å². The maximum absolute atomic E-state index is 12.0. The van der Waals surface area contributed by atoms with E-state index >= 15 is 0 Å². The number of aliphatic carboxylic acids is 1. The van der Waals surface area contributed by atoms with Crippen molar-refractivity contribution in [1.82, 2.24) is 20.1 Å². The third kappa shape index (κ3) is 3.81. The SMILES string of the molecule is Cc1nc2c(c(C)c1CCC(=O)NCCCC(=O)O)c(=O)[nH]n2C. The molecular weight excluding hydrogens is 312 g/mol. The van der Waals surface area contributed by atoms with Crippen LogP contribution in [0.3, 0.4) is 0 Å². The van der Waals surface area contributed by atoms with Gasteiger partial charge in [0.05, 0.1) is 5.39 Å². The quantitative estimate of drug-likeness (QED) is 0.647. The molecule has 0 saturated heterocycles. The molecule has 130 valence electrons. The third-order valence-electron chi connectivity index (χ3n) is 4.07. The van der Waals surface area contributed by atoms with Crippen LogP contribution in [-0.4, -0.2) is 38.3 Å². The first-order valence-corrected chi connectivity index (χ1v) is 7.84. The summed E-state index contributed by atoms with van der Waals surface area (Å²) in [5.41, 5.74) is 2.97. The molecule has 8 nitrogen and oxygen atoms in total. The van der Waals surface area contributed by atoms with Crippen LogP contribution in [0, 0.1) is 13.8 Å². The fourth-order valence-electron chi connectivity index (χ4n) is 2.81. The molecule has 3 N–H and O–H groups in total. The monoisotopic (exact) mass is 334 g/mol. The minimum Gasteiger partial charge on any atom is -0.481 e. The Morgan fingerprint density at radius 1 is 1.29 bits per heavy atom. The fraction of sp³-hybridized carbons (Fsp3) is 0.500. The van der Waals surface area contributed by atoms with Gasteiger partial charge in [-0.15, -0.1) is 0 Å². The molecule has 0 saturated carbocycles. The number of rotatable bonds is 7. The number of hydrogen-bond donors (Lipinski definition) is 3. The summed E-state index contributed by atoms with van der Waals surface area (Å²) in [7, 11) is 1.74. The van der Waals surface area contributed by atoms with E-state index in [2.05, 4.69) is 15.4 Å². The van der Waals surface area contributed by atoms with Crippen molar-refractivity contribution < 1.29 is 14.7 Å². The Morgan fingerprint density at radius 3 is 2.67 bits per heavy atom. The molecule has 0 aliphatic rings. The molecule has 0 aromatic carbocycles. The van der Waals surface area contributed by atoms with Crippen LogP contribution >= 0.6 is 0 Å². The number of amides is 1. The van der Waals surface area contributed by atoms with Crippen LogP contribution in [0.25, 0.3) is 11.0 Å². The average molecular weight is 334 g/mol. The Labute approximate surface area is 138 Å². The number of carboxylic acid groups (broad SMARTS) is 1. The van der Waals surface area contributed by atoms with Crippen molar-refractivity contribution in [2.75, 3.05) is 6.54 Å². The molecule has 0 atom stereocenters. The number of carboxylic acids is 1. The van der Waals surface area contributed by atoms with Crippen molar-refractivity contribution in [2.45, 2.75) is 39.5 Å². The van der Waals surface area contributed by atoms with E-state index in [1.54, 1.807) is 11.7 Å². The van der Waals surface area contributed by atoms with Crippen LogP contribution in [-0.2, 0) is 23.1 Å². The van der Waals surface area contributed by atoms with Crippen LogP contribution in [0.1, 0.15) is 36.1 Å². The van der Waals surface area contributed by atoms with E-state index in [1.807, 2.05) is 13.8 Å². The smallest absolute Gasteiger partial charge is 0.303 e. The summed E-state index contributed by atoms with van der Waals surface area (Å²) in [4.78, 5) is 38.8. The number of fused-ring (bicyclic) bond motifs is 1. The van der Waals surface area contributed by atoms with E-state index < -0.39 is 5.97 Å². The number of aromatic nitrogens is 3. The van der Waals surface area contributed by atoms with Gasteiger partial charge in [-0.1, -0.05) is 0 Å². The Kier molecular flexibility index (Phi) is 5.38. The second-order valence-electron chi connectivity index (χ2n) is 5.85. The maximum Gasteiger partial charge on any atom is 0.303 e. The van der Waals surface area contributed by atoms with Gasteiger partial charge in [0.25, 0.3) is 5.56 Å². The van der Waals surface area contributed by atoms with E-state index in [-0.39, 0.29) is 24.3 Å². The van der Waals surface area contributed by atoms with Crippen molar-refractivity contribution in [1.29, 1.82) is 0 Å². The standard InChI is InChI=1S/C16H22N4O4/c1-9-11(6-7-12(21)17-8-4-5-13(22)23)10(2)18-15-14(9)16(24)19-20(15)3/h4-8H2,1-3H3,(H,17,21)(H,19,24)(H,22,23). The lowest BCUT2D eigenvalue weighted by molar-refractivity contribution is -0.137. The highest BCUT2D eigenvalue weighted by Crippen LogP contribution is 2.20. The van der Waals surface area contributed by atoms with Crippen molar-refractivity contribution in [3.05, 3.63) is 27.2 Å². The van der Waals surface area contributed by atoms with E-state index in [1.165, 1.54) is 0 Å². The first kappa shape index (κ1) is 17.7. The van der Waals surface area contributed by atoms with Gasteiger partial charge in [0, 0.05) is 32.1 Å². The molecule has 2 aromatic rings. The number of nitrogens with one attached hydrogen (secondary N) is 2. The summed E-state index contributed by atoms with van der Waals surface area (Å²) in [5.74, 6) is -1.01. The predicted octanol–water partition coefficient (Wildman–Crippen LogP) is 0.792. The number of carbonyl (C=O) groups excluding carboxylic acids is 1. The molecule has 8 heteroatoms. The summed E-state index contributed by atoms with van der Waals surface area (Å²) < 4.78 is 1.59. The summed E-state index contributed by atoms with van der Waals surface area (Å²) in [6.45, 7) is 4.08. The topological polar surface area (TPSA) is 117 Å². The predicted molar refractivity (Wildman–Crippen MR) is 89.0 cm³/mol. The first-order chi connectivity index (χ1) is 11.3. The van der Waals surface area contributed by atoms with Crippen molar-refractivity contribution in [2.24, 2.45) is 7.05 Å². The van der Waals surface area contributed by atoms with Gasteiger partial charge in [-0.25, -0.2) is 4.98 Å². The third-order valence-corrected chi connectivity index (χ3v) is 4.07. The summed E-state index contributed by atoms with van der Waals surface area (Å²) >= 11 is 0. The zero-order chi connectivity index (χ0) is 17.9. The lowest BCUT2D eigenvalue weighted by Crippen LogP contribution is -2.25. The minimum absolute atomic E-state index is 0.0376. The number of aromatic amines is 1. The molecule has 24 heavy (non-hydrogen) atoms. The van der Waals surface area contributed by atoms with Gasteiger partial charge >= 0.3 is 5.97 Å². The molecule has 0 radical (unpaired) electrons. The first-order valence-electron chi connectivity index (χ1n) is 7.84. The van der Waals surface area contributed by atoms with Gasteiger partial charge in [0.2, 0.25) is 5.91 Å². The highest BCUT2D eigenvalue weighted by atomic mass is 16.4. The molecule has 0 spiro atoms. The van der Waals surface area contributed by atoms with Crippen LogP contribution in [0.5, 0.6) is 0 Å². The molecule has 2 rings (SSSR count). The minimum atomic E-state index is -0.872. The summed E-state index contributed by atoms with van der Waals surface area (Å²) in [6, 6.07) is 0. The maximum atomic E-state index is 12.0. The van der Waals surface area contributed by atoms with E-state index in [0.717, 1.165) is 16.8 Å². The van der Waals surface area contributed by atoms with Gasteiger partial charge in [-0.2, -0.15) is 0 Å². The zero-order valence-corrected chi connectivity index (χ0v) is 14.1. The molecule has 0 fully saturated rings. The molecule has 1 amide bonds. The average Bonchev–Trinajstić information content (AvgIpc) is 2.77. The fourth-order valence-corrected chi connectivity index (χ4v) is 2.81. The lowest BCUT2D eigenvalue weighted by Gasteiger charge is -2.10. The van der Waals surface area contributed by atoms with Crippen LogP contribution in [0.4, 0.5) is 0 Å². The summed E-state index contributed by atoms with van der Waals surface area (Å²) in [6.07, 6.45) is 1.20. The van der Waals surface area contributed by atoms with Crippen LogP contribution in [0.2, 0.25) is 0 Å². The largest absolute Gasteiger partial charge is 0.481 e. The van der Waals surface area contributed by atoms with Gasteiger partial charge in [-0.05, 0) is 37.8 Å². The highest BCUT2D eigenvalue weighted by Gasteiger charge is 2.15. The zero-order valence-electron chi connectivity index (χ0n) is 14.1. The van der Waals surface area contributed by atoms with Gasteiger partial charge < -0.3 is 10.4 Å². The Balaban J connectivity index is 2.05. The molecule has 2 heterocycles. The molecule has 0 aliphatic heterocycles. The molecule has 0 unspecified atom stereocenters. The summed E-state index contributed by atoms with van der Waals surface area (Å²) in [5, 5.41) is 14.5. The Morgan fingerprint density at radius 2 is 2.00 bits per heavy atom. The second-order valence-corrected chi connectivity index (χ2v) is 5.85. The number of carbonyl (C=O) groups is 2. The van der Waals surface area contributed by atoms with Gasteiger partial charge in [0.15, 0.2) is 5.65 Å². The molecule has 0 aliphatic carbocycles. The van der Waals surface area contributed by atoms with Gasteiger partial charge in [-0.3, -0.25) is 24.2 Å². The van der Waals surface area contributed by atoms with Crippen LogP contribution in [0.15, 0.2) is 4.79 Å². The van der Waals surface area contributed by atoms with Crippen LogP contribution < -0.4 is 10.9 Å². The van der Waals surface area contributed by atoms with E-state index in [0.29, 0.717) is 30.4 Å². The number of pyridine rings is 1. The van der Waals surface area contributed by atoms with E-state index in [9.17, 15) is 14.4 Å². The number of H-pyrrole nitrogens is 1. The number of aryl methyl sites for hydroxylation is 3. The number of hydrogen-bond acceptors (Lipinski definition) is 4. The normalized spacial score (nSPS) is 11.0. The molecule has 2 aromatic heterocycles. The molecule has 0 bridgehead atoms. The van der Waals surface area contributed by atoms with Crippen molar-refractivity contribution in [3.63, 3.8) is 0 Å². The Bertz CT molecular complexity index is 835. The van der Waals surface area contributed by atoms with Gasteiger partial charge in [0.1, 0.15) is 0 Å².